The van der Waals surface area contributed by atoms with Crippen LogP contribution in [0.2, 0.25) is 0 Å². The third-order valence-electron chi connectivity index (χ3n) is 2.50. The number of pyridine rings is 1. The second-order valence-corrected chi connectivity index (χ2v) is 5.70. The molecule has 0 aliphatic carbocycles. The molecule has 0 unspecified atom stereocenters. The Bertz CT molecular complexity index is 717. The Balaban J connectivity index is 2.39. The zero-order chi connectivity index (χ0) is 14.0. The highest BCUT2D eigenvalue weighted by molar-refractivity contribution is 7.92. The standard InChI is InChI=1S/C12H12FN3O2S/c1-8-2-3-10(14)5-12(8)16-19(17,18)11-4-9(13)6-15-7-11/h2-7,16H,14H2,1H3. The highest BCUT2D eigenvalue weighted by Crippen LogP contribution is 2.22. The van der Waals surface area contributed by atoms with Gasteiger partial charge in [0.1, 0.15) is 10.7 Å². The molecule has 0 bridgehead atoms. The van der Waals surface area contributed by atoms with Gasteiger partial charge < -0.3 is 5.73 Å². The molecule has 19 heavy (non-hydrogen) atoms. The van der Waals surface area contributed by atoms with Gasteiger partial charge in [-0.2, -0.15) is 0 Å². The van der Waals surface area contributed by atoms with Crippen molar-refractivity contribution in [2.75, 3.05) is 10.5 Å². The van der Waals surface area contributed by atoms with Gasteiger partial charge in [-0.1, -0.05) is 6.07 Å². The van der Waals surface area contributed by atoms with E-state index in [0.717, 1.165) is 18.5 Å². The summed E-state index contributed by atoms with van der Waals surface area (Å²) in [5.41, 5.74) is 7.09. The predicted octanol–water partition coefficient (Wildman–Crippen LogP) is 1.91. The number of sulfonamides is 1. The third-order valence-corrected chi connectivity index (χ3v) is 3.83. The summed E-state index contributed by atoms with van der Waals surface area (Å²) in [5, 5.41) is 0. The van der Waals surface area contributed by atoms with E-state index in [0.29, 0.717) is 16.9 Å². The Morgan fingerprint density at radius 2 is 2.00 bits per heavy atom. The molecule has 7 heteroatoms. The topological polar surface area (TPSA) is 85.1 Å². The van der Waals surface area contributed by atoms with Gasteiger partial charge in [0.15, 0.2) is 0 Å². The van der Waals surface area contributed by atoms with Gasteiger partial charge in [-0.3, -0.25) is 9.71 Å². The van der Waals surface area contributed by atoms with Crippen LogP contribution in [0.15, 0.2) is 41.6 Å². The van der Waals surface area contributed by atoms with Crippen LogP contribution in [-0.2, 0) is 10.0 Å². The average Bonchev–Trinajstić information content (AvgIpc) is 2.33. The molecule has 1 aromatic carbocycles. The van der Waals surface area contributed by atoms with E-state index in [9.17, 15) is 12.8 Å². The van der Waals surface area contributed by atoms with Crippen molar-refractivity contribution in [1.82, 2.24) is 4.98 Å². The van der Waals surface area contributed by atoms with Crippen molar-refractivity contribution in [3.8, 4) is 0 Å². The summed E-state index contributed by atoms with van der Waals surface area (Å²) in [6.07, 6.45) is 2.01. The van der Waals surface area contributed by atoms with Crippen molar-refractivity contribution in [3.63, 3.8) is 0 Å². The molecule has 0 radical (unpaired) electrons. The highest BCUT2D eigenvalue weighted by atomic mass is 32.2. The van der Waals surface area contributed by atoms with Crippen LogP contribution < -0.4 is 10.5 Å². The van der Waals surface area contributed by atoms with Crippen molar-refractivity contribution >= 4 is 21.4 Å². The van der Waals surface area contributed by atoms with Crippen LogP contribution in [0.3, 0.4) is 0 Å². The van der Waals surface area contributed by atoms with Gasteiger partial charge in [-0.15, -0.1) is 0 Å². The first kappa shape index (κ1) is 13.3. The Morgan fingerprint density at radius 1 is 1.26 bits per heavy atom. The van der Waals surface area contributed by atoms with Gasteiger partial charge in [-0.05, 0) is 30.7 Å². The largest absolute Gasteiger partial charge is 0.399 e. The van der Waals surface area contributed by atoms with Crippen molar-refractivity contribution < 1.29 is 12.8 Å². The minimum Gasteiger partial charge on any atom is -0.399 e. The predicted molar refractivity (Wildman–Crippen MR) is 70.6 cm³/mol. The SMILES string of the molecule is Cc1ccc(N)cc1NS(=O)(=O)c1cncc(F)c1. The zero-order valence-corrected chi connectivity index (χ0v) is 10.9. The number of hydrogen-bond acceptors (Lipinski definition) is 4. The van der Waals surface area contributed by atoms with Crippen LogP contribution in [0.5, 0.6) is 0 Å². The lowest BCUT2D eigenvalue weighted by Gasteiger charge is -2.11. The number of rotatable bonds is 3. The number of hydrogen-bond donors (Lipinski definition) is 2. The summed E-state index contributed by atoms with van der Waals surface area (Å²) in [5.74, 6) is -0.716. The minimum absolute atomic E-state index is 0.241. The molecule has 100 valence electrons. The lowest BCUT2D eigenvalue weighted by Crippen LogP contribution is -2.14. The van der Waals surface area contributed by atoms with E-state index < -0.39 is 15.8 Å². The summed E-state index contributed by atoms with van der Waals surface area (Å²) < 4.78 is 39.5. The number of nitrogen functional groups attached to an aromatic ring is 1. The number of nitrogens with two attached hydrogens (primary N) is 1. The van der Waals surface area contributed by atoms with Gasteiger partial charge in [0.2, 0.25) is 0 Å². The quantitative estimate of drug-likeness (QED) is 0.842. The number of halogens is 1. The number of anilines is 2. The zero-order valence-electron chi connectivity index (χ0n) is 10.1. The van der Waals surface area contributed by atoms with Crippen LogP contribution >= 0.6 is 0 Å². The Labute approximate surface area is 110 Å². The lowest BCUT2D eigenvalue weighted by molar-refractivity contribution is 0.592. The van der Waals surface area contributed by atoms with Crippen LogP contribution in [-0.4, -0.2) is 13.4 Å². The molecular formula is C12H12FN3O2S. The van der Waals surface area contributed by atoms with Gasteiger partial charge in [0, 0.05) is 11.9 Å². The Hall–Kier alpha value is -2.15. The fourth-order valence-electron chi connectivity index (χ4n) is 1.49. The molecule has 0 fully saturated rings. The van der Waals surface area contributed by atoms with Crippen molar-refractivity contribution in [2.45, 2.75) is 11.8 Å². The molecule has 0 spiro atoms. The summed E-state index contributed by atoms with van der Waals surface area (Å²) in [6, 6.07) is 5.75. The molecule has 0 atom stereocenters. The Kier molecular flexibility index (Phi) is 3.39. The van der Waals surface area contributed by atoms with Gasteiger partial charge in [-0.25, -0.2) is 12.8 Å². The fourth-order valence-corrected chi connectivity index (χ4v) is 2.59. The van der Waals surface area contributed by atoms with Crippen LogP contribution in [0.1, 0.15) is 5.56 Å². The number of nitrogens with one attached hydrogen (secondary N) is 1. The molecule has 0 aliphatic heterocycles. The smallest absolute Gasteiger partial charge is 0.263 e. The first-order chi connectivity index (χ1) is 8.88. The second-order valence-electron chi connectivity index (χ2n) is 4.02. The molecule has 2 aromatic rings. The third kappa shape index (κ3) is 3.00. The molecule has 0 saturated carbocycles. The van der Waals surface area contributed by atoms with Crippen molar-refractivity contribution in [2.24, 2.45) is 0 Å². The maximum absolute atomic E-state index is 13.0. The molecule has 1 heterocycles. The Morgan fingerprint density at radius 3 is 2.68 bits per heavy atom. The molecular weight excluding hydrogens is 269 g/mol. The van der Waals surface area contributed by atoms with Crippen LogP contribution in [0.25, 0.3) is 0 Å². The number of aromatic nitrogens is 1. The highest BCUT2D eigenvalue weighted by Gasteiger charge is 2.16. The van der Waals surface area contributed by atoms with Gasteiger partial charge in [0.25, 0.3) is 10.0 Å². The first-order valence-electron chi connectivity index (χ1n) is 5.38. The van der Waals surface area contributed by atoms with Crippen LogP contribution in [0, 0.1) is 12.7 Å². The first-order valence-corrected chi connectivity index (χ1v) is 6.86. The van der Waals surface area contributed by atoms with Crippen molar-refractivity contribution in [1.29, 1.82) is 0 Å². The van der Waals surface area contributed by atoms with E-state index in [1.54, 1.807) is 19.1 Å². The monoisotopic (exact) mass is 281 g/mol. The van der Waals surface area contributed by atoms with Crippen molar-refractivity contribution in [3.05, 3.63) is 48.0 Å². The van der Waals surface area contributed by atoms with E-state index >= 15 is 0 Å². The van der Waals surface area contributed by atoms with E-state index in [-0.39, 0.29) is 4.90 Å². The van der Waals surface area contributed by atoms with E-state index in [1.807, 2.05) is 0 Å². The van der Waals surface area contributed by atoms with E-state index in [4.69, 9.17) is 5.73 Å². The number of benzene rings is 1. The molecule has 3 N–H and O–H groups in total. The molecule has 0 saturated heterocycles. The summed E-state index contributed by atoms with van der Waals surface area (Å²) in [7, 11) is -3.88. The van der Waals surface area contributed by atoms with Gasteiger partial charge in [0.05, 0.1) is 11.9 Å². The number of nitrogens with zero attached hydrogens (tertiary/aromatic N) is 1. The summed E-state index contributed by atoms with van der Waals surface area (Å²) >= 11 is 0. The molecule has 2 rings (SSSR count). The van der Waals surface area contributed by atoms with Crippen LogP contribution in [0.4, 0.5) is 15.8 Å². The van der Waals surface area contributed by atoms with Gasteiger partial charge >= 0.3 is 0 Å². The molecule has 1 aromatic heterocycles. The normalized spacial score (nSPS) is 11.3. The van der Waals surface area contributed by atoms with E-state index in [1.165, 1.54) is 6.07 Å². The fraction of sp³-hybridized carbons (Fsp3) is 0.0833. The average molecular weight is 281 g/mol. The lowest BCUT2D eigenvalue weighted by atomic mass is 10.2. The minimum atomic E-state index is -3.88. The maximum Gasteiger partial charge on any atom is 0.263 e. The van der Waals surface area contributed by atoms with E-state index in [2.05, 4.69) is 9.71 Å². The summed E-state index contributed by atoms with van der Waals surface area (Å²) in [6.45, 7) is 1.74. The molecule has 0 aliphatic rings. The maximum atomic E-state index is 13.0. The number of aryl methyl sites for hydroxylation is 1. The second kappa shape index (κ2) is 4.85. The summed E-state index contributed by atoms with van der Waals surface area (Å²) in [4.78, 5) is 3.27. The molecule has 5 nitrogen and oxygen atoms in total. The molecule has 0 amide bonds.